The van der Waals surface area contributed by atoms with Crippen LogP contribution in [0.25, 0.3) is 0 Å². The zero-order chi connectivity index (χ0) is 8.27. The van der Waals surface area contributed by atoms with E-state index in [1.165, 1.54) is 0 Å². The molecular weight excluding hydrogens is 162 g/mol. The molecule has 0 radical (unpaired) electrons. The van der Waals surface area contributed by atoms with E-state index in [0.717, 1.165) is 17.0 Å². The first-order valence-electron chi connectivity index (χ1n) is 2.99. The number of hydroxylamine groups is 1. The summed E-state index contributed by atoms with van der Waals surface area (Å²) in [5, 5.41) is 16.0. The van der Waals surface area contributed by atoms with Gasteiger partial charge >= 0.3 is 0 Å². The minimum atomic E-state index is 0.674. The van der Waals surface area contributed by atoms with Crippen LogP contribution in [0.2, 0.25) is 0 Å². The number of rotatable bonds is 2. The zero-order valence-electron chi connectivity index (χ0n) is 6.06. The monoisotopic (exact) mass is 171 g/mol. The van der Waals surface area contributed by atoms with Gasteiger partial charge in [-0.2, -0.15) is 0 Å². The maximum absolute atomic E-state index is 9.00. The van der Waals surface area contributed by atoms with Crippen LogP contribution in [0.5, 0.6) is 0 Å². The SMILES string of the molecule is CN(O)c1ccnc(SN)c1. The highest BCUT2D eigenvalue weighted by Gasteiger charge is 1.97. The van der Waals surface area contributed by atoms with Gasteiger partial charge in [-0.05, 0) is 24.1 Å². The highest BCUT2D eigenvalue weighted by Crippen LogP contribution is 2.15. The number of pyridine rings is 1. The number of nitrogens with zero attached hydrogens (tertiary/aromatic N) is 2. The first-order chi connectivity index (χ1) is 5.24. The van der Waals surface area contributed by atoms with E-state index in [2.05, 4.69) is 4.98 Å². The predicted octanol–water partition coefficient (Wildman–Crippen LogP) is 0.873. The lowest BCUT2D eigenvalue weighted by molar-refractivity contribution is 0.279. The molecule has 0 bridgehead atoms. The Kier molecular flexibility index (Phi) is 2.70. The minimum Gasteiger partial charge on any atom is -0.289 e. The molecule has 0 unspecified atom stereocenters. The van der Waals surface area contributed by atoms with Crippen LogP contribution in [0.4, 0.5) is 5.69 Å². The molecule has 1 rings (SSSR count). The molecule has 1 aromatic rings. The van der Waals surface area contributed by atoms with E-state index < -0.39 is 0 Å². The third kappa shape index (κ3) is 2.07. The smallest absolute Gasteiger partial charge is 0.113 e. The van der Waals surface area contributed by atoms with E-state index >= 15 is 0 Å². The van der Waals surface area contributed by atoms with Crippen molar-refractivity contribution in [1.29, 1.82) is 0 Å². The van der Waals surface area contributed by atoms with Crippen molar-refractivity contribution in [3.8, 4) is 0 Å². The molecule has 0 aliphatic heterocycles. The van der Waals surface area contributed by atoms with Gasteiger partial charge in [0.15, 0.2) is 0 Å². The fraction of sp³-hybridized carbons (Fsp3) is 0.167. The Labute approximate surface area is 69.1 Å². The molecule has 0 spiro atoms. The van der Waals surface area contributed by atoms with Crippen LogP contribution in [0.15, 0.2) is 23.4 Å². The zero-order valence-corrected chi connectivity index (χ0v) is 6.88. The van der Waals surface area contributed by atoms with Gasteiger partial charge in [0.1, 0.15) is 5.03 Å². The molecule has 0 amide bonds. The van der Waals surface area contributed by atoms with Crippen molar-refractivity contribution in [1.82, 2.24) is 4.98 Å². The van der Waals surface area contributed by atoms with Crippen molar-refractivity contribution in [2.45, 2.75) is 5.03 Å². The third-order valence-electron chi connectivity index (χ3n) is 1.21. The van der Waals surface area contributed by atoms with Crippen LogP contribution >= 0.6 is 11.9 Å². The van der Waals surface area contributed by atoms with E-state index in [1.807, 2.05) is 0 Å². The lowest BCUT2D eigenvalue weighted by Gasteiger charge is -2.09. The van der Waals surface area contributed by atoms with Gasteiger partial charge in [-0.15, -0.1) is 0 Å². The summed E-state index contributed by atoms with van der Waals surface area (Å²) in [7, 11) is 1.54. The maximum atomic E-state index is 9.00. The van der Waals surface area contributed by atoms with Gasteiger partial charge in [0, 0.05) is 13.2 Å². The minimum absolute atomic E-state index is 0.674. The van der Waals surface area contributed by atoms with Crippen LogP contribution in [0, 0.1) is 0 Å². The molecule has 4 nitrogen and oxygen atoms in total. The number of aromatic nitrogens is 1. The highest BCUT2D eigenvalue weighted by atomic mass is 32.2. The Hall–Kier alpha value is -0.780. The Morgan fingerprint density at radius 3 is 3.00 bits per heavy atom. The molecular formula is C6H9N3OS. The van der Waals surface area contributed by atoms with E-state index in [1.54, 1.807) is 25.4 Å². The van der Waals surface area contributed by atoms with Gasteiger partial charge in [-0.1, -0.05) is 0 Å². The molecule has 11 heavy (non-hydrogen) atoms. The first kappa shape index (κ1) is 8.32. The van der Waals surface area contributed by atoms with Crippen LogP contribution in [0.1, 0.15) is 0 Å². The van der Waals surface area contributed by atoms with Crippen molar-refractivity contribution >= 4 is 17.6 Å². The number of anilines is 1. The average molecular weight is 171 g/mol. The summed E-state index contributed by atoms with van der Waals surface area (Å²) < 4.78 is 0. The molecule has 0 saturated carbocycles. The van der Waals surface area contributed by atoms with Crippen LogP contribution < -0.4 is 10.2 Å². The van der Waals surface area contributed by atoms with Crippen LogP contribution in [-0.4, -0.2) is 17.2 Å². The molecule has 1 heterocycles. The van der Waals surface area contributed by atoms with Crippen molar-refractivity contribution in [2.75, 3.05) is 12.1 Å². The fourth-order valence-electron chi connectivity index (χ4n) is 0.665. The normalized spacial score (nSPS) is 9.73. The van der Waals surface area contributed by atoms with Gasteiger partial charge in [0.2, 0.25) is 0 Å². The van der Waals surface area contributed by atoms with Gasteiger partial charge in [0.25, 0.3) is 0 Å². The van der Waals surface area contributed by atoms with Crippen molar-refractivity contribution in [3.63, 3.8) is 0 Å². The van der Waals surface area contributed by atoms with E-state index in [0.29, 0.717) is 10.7 Å². The molecule has 0 saturated heterocycles. The van der Waals surface area contributed by atoms with E-state index in [-0.39, 0.29) is 0 Å². The average Bonchev–Trinajstić information content (AvgIpc) is 2.05. The van der Waals surface area contributed by atoms with Crippen molar-refractivity contribution in [3.05, 3.63) is 18.3 Å². The molecule has 0 aliphatic rings. The van der Waals surface area contributed by atoms with Gasteiger partial charge in [-0.25, -0.2) is 4.98 Å². The Balaban J connectivity index is 2.91. The highest BCUT2D eigenvalue weighted by molar-refractivity contribution is 7.97. The fourth-order valence-corrected chi connectivity index (χ4v) is 0.975. The molecule has 5 heteroatoms. The number of hydrogen-bond acceptors (Lipinski definition) is 5. The van der Waals surface area contributed by atoms with Gasteiger partial charge in [0.05, 0.1) is 5.69 Å². The van der Waals surface area contributed by atoms with Crippen molar-refractivity contribution < 1.29 is 5.21 Å². The molecule has 0 aliphatic carbocycles. The number of hydrogen-bond donors (Lipinski definition) is 2. The summed E-state index contributed by atoms with van der Waals surface area (Å²) in [6, 6.07) is 3.39. The van der Waals surface area contributed by atoms with E-state index in [9.17, 15) is 0 Å². The predicted molar refractivity (Wildman–Crippen MR) is 44.5 cm³/mol. The second-order valence-electron chi connectivity index (χ2n) is 1.99. The van der Waals surface area contributed by atoms with E-state index in [4.69, 9.17) is 10.3 Å². The maximum Gasteiger partial charge on any atom is 0.113 e. The quantitative estimate of drug-likeness (QED) is 0.510. The summed E-state index contributed by atoms with van der Waals surface area (Å²) in [4.78, 5) is 3.94. The second-order valence-corrected chi connectivity index (χ2v) is 2.65. The molecule has 0 atom stereocenters. The Morgan fingerprint density at radius 2 is 2.45 bits per heavy atom. The Bertz CT molecular complexity index is 241. The van der Waals surface area contributed by atoms with Gasteiger partial charge in [-0.3, -0.25) is 15.4 Å². The lowest BCUT2D eigenvalue weighted by Crippen LogP contribution is -2.09. The summed E-state index contributed by atoms with van der Waals surface area (Å²) in [6.07, 6.45) is 1.59. The standard InChI is InChI=1S/C6H9N3OS/c1-9(10)5-2-3-8-6(4-5)11-7/h2-4,10H,7H2,1H3. The summed E-state index contributed by atoms with van der Waals surface area (Å²) >= 11 is 1.05. The second kappa shape index (κ2) is 3.56. The topological polar surface area (TPSA) is 62.4 Å². The summed E-state index contributed by atoms with van der Waals surface area (Å²) in [5.41, 5.74) is 0.674. The lowest BCUT2D eigenvalue weighted by atomic mass is 10.4. The summed E-state index contributed by atoms with van der Waals surface area (Å²) in [5.74, 6) is 0. The van der Waals surface area contributed by atoms with Gasteiger partial charge < -0.3 is 0 Å². The molecule has 1 aromatic heterocycles. The van der Waals surface area contributed by atoms with Crippen LogP contribution in [0.3, 0.4) is 0 Å². The molecule has 0 fully saturated rings. The van der Waals surface area contributed by atoms with Crippen LogP contribution in [-0.2, 0) is 0 Å². The Morgan fingerprint density at radius 1 is 1.73 bits per heavy atom. The first-order valence-corrected chi connectivity index (χ1v) is 3.87. The molecule has 3 N–H and O–H groups in total. The molecule has 0 aromatic carbocycles. The van der Waals surface area contributed by atoms with Crippen molar-refractivity contribution in [2.24, 2.45) is 5.14 Å². The molecule has 60 valence electrons. The number of nitrogens with two attached hydrogens (primary N) is 1. The third-order valence-corrected chi connectivity index (χ3v) is 1.68. The largest absolute Gasteiger partial charge is 0.289 e. The summed E-state index contributed by atoms with van der Waals surface area (Å²) in [6.45, 7) is 0.